The number of hydrogen-bond acceptors (Lipinski definition) is 4. The summed E-state index contributed by atoms with van der Waals surface area (Å²) in [5, 5.41) is 13.4. The first-order chi connectivity index (χ1) is 10.2. The van der Waals surface area contributed by atoms with Gasteiger partial charge >= 0.3 is 6.09 Å². The van der Waals surface area contributed by atoms with Gasteiger partial charge in [-0.1, -0.05) is 20.8 Å². The van der Waals surface area contributed by atoms with Crippen molar-refractivity contribution < 1.29 is 19.1 Å². The van der Waals surface area contributed by atoms with Crippen LogP contribution in [-0.4, -0.2) is 43.9 Å². The third-order valence-corrected chi connectivity index (χ3v) is 9.41. The molecule has 1 fully saturated rings. The Bertz CT molecular complexity index is 412. The van der Waals surface area contributed by atoms with Crippen molar-refractivity contribution in [1.29, 1.82) is 0 Å². The maximum absolute atomic E-state index is 11.8. The number of amides is 1. The highest BCUT2D eigenvalue weighted by Crippen LogP contribution is 2.38. The van der Waals surface area contributed by atoms with Gasteiger partial charge < -0.3 is 19.6 Å². The number of ether oxygens (including phenoxy) is 1. The number of hydrogen-bond donors (Lipinski definition) is 2. The van der Waals surface area contributed by atoms with E-state index in [0.717, 1.165) is 12.8 Å². The fraction of sp³-hybridized carbons (Fsp3) is 0.941. The third-order valence-electron chi connectivity index (χ3n) is 4.91. The Labute approximate surface area is 142 Å². The summed E-state index contributed by atoms with van der Waals surface area (Å²) < 4.78 is 11.5. The fourth-order valence-corrected chi connectivity index (χ4v) is 3.46. The fourth-order valence-electron chi connectivity index (χ4n) is 2.39. The minimum Gasteiger partial charge on any atom is -0.444 e. The molecule has 0 saturated heterocycles. The highest BCUT2D eigenvalue weighted by atomic mass is 28.4. The van der Waals surface area contributed by atoms with Crippen LogP contribution in [-0.2, 0) is 9.16 Å². The van der Waals surface area contributed by atoms with Gasteiger partial charge in [-0.3, -0.25) is 0 Å². The number of aliphatic hydroxyl groups is 1. The standard InChI is InChI=1S/C17H35NO4Si/c1-16(2,3)22-15(20)18-13-10-9-12(14(13)19)11-21-23(7,8)17(4,5)6/h12-14,19H,9-11H2,1-8H3,(H,18,20)/t12-,13?,14-/m1/s1. The molecule has 6 heteroatoms. The van der Waals surface area contributed by atoms with Crippen LogP contribution in [0, 0.1) is 5.92 Å². The normalized spacial score (nSPS) is 26.2. The predicted molar refractivity (Wildman–Crippen MR) is 95.0 cm³/mol. The molecule has 0 aromatic heterocycles. The van der Waals surface area contributed by atoms with Crippen molar-refractivity contribution in [3.05, 3.63) is 0 Å². The molecule has 1 aliphatic carbocycles. The predicted octanol–water partition coefficient (Wildman–Crippen LogP) is 3.67. The SMILES string of the molecule is CC(C)(C)OC(=O)NC1CC[C@H](CO[Si](C)(C)C(C)(C)C)[C@H]1O. The van der Waals surface area contributed by atoms with Crippen molar-refractivity contribution in [1.82, 2.24) is 5.32 Å². The Balaban J connectivity index is 2.50. The molecule has 5 nitrogen and oxygen atoms in total. The molecule has 136 valence electrons. The second-order valence-corrected chi connectivity index (χ2v) is 14.0. The highest BCUT2D eigenvalue weighted by molar-refractivity contribution is 6.74. The number of nitrogens with one attached hydrogen (secondary N) is 1. The average molecular weight is 346 g/mol. The Morgan fingerprint density at radius 1 is 1.17 bits per heavy atom. The van der Waals surface area contributed by atoms with Gasteiger partial charge in [0.15, 0.2) is 8.32 Å². The highest BCUT2D eigenvalue weighted by Gasteiger charge is 2.41. The molecule has 0 radical (unpaired) electrons. The number of aliphatic hydroxyl groups excluding tert-OH is 1. The van der Waals surface area contributed by atoms with Gasteiger partial charge in [-0.05, 0) is 51.7 Å². The smallest absolute Gasteiger partial charge is 0.407 e. The van der Waals surface area contributed by atoms with E-state index in [1.54, 1.807) is 0 Å². The van der Waals surface area contributed by atoms with E-state index in [4.69, 9.17) is 9.16 Å². The van der Waals surface area contributed by atoms with Crippen LogP contribution in [0.3, 0.4) is 0 Å². The summed E-state index contributed by atoms with van der Waals surface area (Å²) in [5.41, 5.74) is -0.529. The van der Waals surface area contributed by atoms with Crippen LogP contribution in [0.2, 0.25) is 18.1 Å². The van der Waals surface area contributed by atoms with Gasteiger partial charge in [0, 0.05) is 12.5 Å². The van der Waals surface area contributed by atoms with Gasteiger partial charge in [0.05, 0.1) is 12.1 Å². The van der Waals surface area contributed by atoms with Crippen molar-refractivity contribution >= 4 is 14.4 Å². The van der Waals surface area contributed by atoms with Gasteiger partial charge in [-0.15, -0.1) is 0 Å². The second-order valence-electron chi connectivity index (χ2n) is 9.15. The van der Waals surface area contributed by atoms with Gasteiger partial charge in [-0.2, -0.15) is 0 Å². The lowest BCUT2D eigenvalue weighted by Gasteiger charge is -2.37. The van der Waals surface area contributed by atoms with E-state index in [9.17, 15) is 9.90 Å². The van der Waals surface area contributed by atoms with E-state index in [2.05, 4.69) is 39.2 Å². The Morgan fingerprint density at radius 2 is 1.74 bits per heavy atom. The molecular formula is C17H35NO4Si. The molecular weight excluding hydrogens is 310 g/mol. The van der Waals surface area contributed by atoms with Crippen LogP contribution in [0.1, 0.15) is 54.4 Å². The molecule has 1 saturated carbocycles. The van der Waals surface area contributed by atoms with Crippen molar-refractivity contribution in [3.8, 4) is 0 Å². The zero-order valence-corrected chi connectivity index (χ0v) is 17.0. The van der Waals surface area contributed by atoms with Crippen LogP contribution in [0.15, 0.2) is 0 Å². The maximum Gasteiger partial charge on any atom is 0.407 e. The van der Waals surface area contributed by atoms with E-state index in [1.165, 1.54) is 0 Å². The first kappa shape index (κ1) is 20.5. The first-order valence-corrected chi connectivity index (χ1v) is 11.5. The van der Waals surface area contributed by atoms with Crippen LogP contribution >= 0.6 is 0 Å². The Kier molecular flexibility index (Phi) is 6.32. The summed E-state index contributed by atoms with van der Waals surface area (Å²) in [6.07, 6.45) is 0.571. The molecule has 0 aromatic rings. The lowest BCUT2D eigenvalue weighted by molar-refractivity contribution is 0.0380. The molecule has 0 aromatic carbocycles. The monoisotopic (exact) mass is 345 g/mol. The Morgan fingerprint density at radius 3 is 2.22 bits per heavy atom. The molecule has 1 aliphatic rings. The molecule has 23 heavy (non-hydrogen) atoms. The quantitative estimate of drug-likeness (QED) is 0.763. The van der Waals surface area contributed by atoms with Crippen LogP contribution in [0.25, 0.3) is 0 Å². The lowest BCUT2D eigenvalue weighted by atomic mass is 10.1. The van der Waals surface area contributed by atoms with Crippen molar-refractivity contribution in [2.24, 2.45) is 5.92 Å². The summed E-state index contributed by atoms with van der Waals surface area (Å²) in [5.74, 6) is 0.0732. The average Bonchev–Trinajstić information content (AvgIpc) is 2.64. The molecule has 1 unspecified atom stereocenters. The zero-order chi connectivity index (χ0) is 18.1. The molecule has 0 bridgehead atoms. The summed E-state index contributed by atoms with van der Waals surface area (Å²) in [7, 11) is -1.81. The Hall–Kier alpha value is -0.593. The minimum absolute atomic E-state index is 0.0732. The van der Waals surface area contributed by atoms with E-state index in [-0.39, 0.29) is 17.0 Å². The topological polar surface area (TPSA) is 67.8 Å². The number of alkyl carbamates (subject to hydrolysis) is 1. The third kappa shape index (κ3) is 6.08. The summed E-state index contributed by atoms with van der Waals surface area (Å²) >= 11 is 0. The number of carbonyl (C=O) groups is 1. The zero-order valence-electron chi connectivity index (χ0n) is 16.0. The van der Waals surface area contributed by atoms with E-state index < -0.39 is 26.1 Å². The molecule has 0 aliphatic heterocycles. The van der Waals surface area contributed by atoms with Crippen LogP contribution < -0.4 is 5.32 Å². The van der Waals surface area contributed by atoms with Crippen LogP contribution in [0.4, 0.5) is 4.79 Å². The summed E-state index contributed by atoms with van der Waals surface area (Å²) in [6.45, 7) is 17.1. The van der Waals surface area contributed by atoms with Gasteiger partial charge in [0.2, 0.25) is 0 Å². The maximum atomic E-state index is 11.8. The first-order valence-electron chi connectivity index (χ1n) is 8.54. The number of carbonyl (C=O) groups excluding carboxylic acids is 1. The van der Waals surface area contributed by atoms with Gasteiger partial charge in [-0.25, -0.2) is 4.79 Å². The largest absolute Gasteiger partial charge is 0.444 e. The summed E-state index contributed by atoms with van der Waals surface area (Å²) in [4.78, 5) is 11.8. The van der Waals surface area contributed by atoms with Gasteiger partial charge in [0.25, 0.3) is 0 Å². The molecule has 1 rings (SSSR count). The van der Waals surface area contributed by atoms with Crippen LogP contribution in [0.5, 0.6) is 0 Å². The second kappa shape index (κ2) is 7.11. The van der Waals surface area contributed by atoms with E-state index >= 15 is 0 Å². The molecule has 3 atom stereocenters. The lowest BCUT2D eigenvalue weighted by Crippen LogP contribution is -2.46. The van der Waals surface area contributed by atoms with Gasteiger partial charge in [0.1, 0.15) is 5.60 Å². The molecule has 1 amide bonds. The molecule has 0 heterocycles. The van der Waals surface area contributed by atoms with E-state index in [1.807, 2.05) is 20.8 Å². The van der Waals surface area contributed by atoms with E-state index in [0.29, 0.717) is 6.61 Å². The summed E-state index contributed by atoms with van der Waals surface area (Å²) in [6, 6.07) is -0.252. The molecule has 2 N–H and O–H groups in total. The number of rotatable bonds is 4. The van der Waals surface area contributed by atoms with Crippen molar-refractivity contribution in [3.63, 3.8) is 0 Å². The van der Waals surface area contributed by atoms with Crippen molar-refractivity contribution in [2.75, 3.05) is 6.61 Å². The molecule has 0 spiro atoms. The van der Waals surface area contributed by atoms with Crippen molar-refractivity contribution in [2.45, 2.75) is 90.3 Å². The minimum atomic E-state index is -1.81.